The van der Waals surface area contributed by atoms with Gasteiger partial charge in [-0.05, 0) is 25.9 Å². The standard InChI is InChI=1S/C14H25N3OS/c1-18-11-12-13(10-15)19-14(16-12)6-9-17-7-4-2-3-5-8-17/h2-11,15H2,1H3. The van der Waals surface area contributed by atoms with Crippen molar-refractivity contribution in [2.45, 2.75) is 45.3 Å². The first-order valence-corrected chi connectivity index (χ1v) is 8.04. The highest BCUT2D eigenvalue weighted by Crippen LogP contribution is 2.20. The van der Waals surface area contributed by atoms with Crippen LogP contribution in [0.25, 0.3) is 0 Å². The summed E-state index contributed by atoms with van der Waals surface area (Å²) in [5, 5.41) is 1.21. The number of thiazole rings is 1. The van der Waals surface area contributed by atoms with Crippen molar-refractivity contribution >= 4 is 11.3 Å². The molecule has 0 aliphatic carbocycles. The average molecular weight is 283 g/mol. The van der Waals surface area contributed by atoms with Crippen LogP contribution in [0.4, 0.5) is 0 Å². The van der Waals surface area contributed by atoms with Gasteiger partial charge in [0.05, 0.1) is 17.3 Å². The predicted octanol–water partition coefficient (Wildman–Crippen LogP) is 2.17. The number of nitrogens with zero attached hydrogens (tertiary/aromatic N) is 2. The average Bonchev–Trinajstić information content (AvgIpc) is 2.63. The molecule has 2 heterocycles. The van der Waals surface area contributed by atoms with E-state index in [1.165, 1.54) is 48.7 Å². The number of hydrogen-bond donors (Lipinski definition) is 1. The van der Waals surface area contributed by atoms with Gasteiger partial charge < -0.3 is 15.4 Å². The zero-order chi connectivity index (χ0) is 13.5. The molecule has 4 nitrogen and oxygen atoms in total. The number of nitrogens with two attached hydrogens (primary N) is 1. The van der Waals surface area contributed by atoms with Gasteiger partial charge in [0.1, 0.15) is 0 Å². The number of rotatable bonds is 6. The second-order valence-electron chi connectivity index (χ2n) is 5.12. The highest BCUT2D eigenvalue weighted by Gasteiger charge is 2.12. The third kappa shape index (κ3) is 4.53. The van der Waals surface area contributed by atoms with Crippen LogP contribution in [-0.4, -0.2) is 36.6 Å². The van der Waals surface area contributed by atoms with Gasteiger partial charge in [-0.25, -0.2) is 4.98 Å². The summed E-state index contributed by atoms with van der Waals surface area (Å²) in [6.07, 6.45) is 6.52. The molecular weight excluding hydrogens is 258 g/mol. The van der Waals surface area contributed by atoms with E-state index in [1.807, 2.05) is 0 Å². The van der Waals surface area contributed by atoms with Crippen LogP contribution in [0.2, 0.25) is 0 Å². The van der Waals surface area contributed by atoms with Crippen molar-refractivity contribution in [1.29, 1.82) is 0 Å². The lowest BCUT2D eigenvalue weighted by atomic mass is 10.2. The van der Waals surface area contributed by atoms with Gasteiger partial charge in [0.2, 0.25) is 0 Å². The van der Waals surface area contributed by atoms with Crippen LogP contribution in [0.3, 0.4) is 0 Å². The summed E-state index contributed by atoms with van der Waals surface area (Å²) < 4.78 is 5.17. The molecule has 108 valence electrons. The second-order valence-corrected chi connectivity index (χ2v) is 6.29. The number of ether oxygens (including phenoxy) is 1. The first-order chi connectivity index (χ1) is 9.33. The SMILES string of the molecule is COCc1nc(CCN2CCCCCC2)sc1CN. The number of likely N-dealkylation sites (tertiary alicyclic amines) is 1. The van der Waals surface area contributed by atoms with E-state index < -0.39 is 0 Å². The van der Waals surface area contributed by atoms with Crippen molar-refractivity contribution in [2.24, 2.45) is 5.73 Å². The van der Waals surface area contributed by atoms with Crippen LogP contribution in [0.5, 0.6) is 0 Å². The quantitative estimate of drug-likeness (QED) is 0.869. The molecular formula is C14H25N3OS. The van der Waals surface area contributed by atoms with Crippen LogP contribution >= 0.6 is 11.3 Å². The smallest absolute Gasteiger partial charge is 0.0945 e. The maximum atomic E-state index is 5.76. The molecule has 19 heavy (non-hydrogen) atoms. The molecule has 0 saturated carbocycles. The number of aromatic nitrogens is 1. The molecule has 2 N–H and O–H groups in total. The summed E-state index contributed by atoms with van der Waals surface area (Å²) in [5.74, 6) is 0. The van der Waals surface area contributed by atoms with E-state index in [2.05, 4.69) is 9.88 Å². The second kappa shape index (κ2) is 7.94. The van der Waals surface area contributed by atoms with Crippen molar-refractivity contribution < 1.29 is 4.74 Å². The summed E-state index contributed by atoms with van der Waals surface area (Å²) in [4.78, 5) is 8.42. The van der Waals surface area contributed by atoms with Crippen molar-refractivity contribution in [3.8, 4) is 0 Å². The Morgan fingerprint density at radius 3 is 2.63 bits per heavy atom. The van der Waals surface area contributed by atoms with E-state index in [1.54, 1.807) is 18.4 Å². The van der Waals surface area contributed by atoms with Crippen LogP contribution in [0.1, 0.15) is 41.3 Å². The van der Waals surface area contributed by atoms with Crippen molar-refractivity contribution in [1.82, 2.24) is 9.88 Å². The molecule has 0 radical (unpaired) electrons. The van der Waals surface area contributed by atoms with E-state index in [-0.39, 0.29) is 0 Å². The minimum absolute atomic E-state index is 0.570. The molecule has 1 aromatic rings. The van der Waals surface area contributed by atoms with Crippen molar-refractivity contribution in [3.05, 3.63) is 15.6 Å². The minimum atomic E-state index is 0.570. The largest absolute Gasteiger partial charge is 0.378 e. The minimum Gasteiger partial charge on any atom is -0.378 e. The summed E-state index contributed by atoms with van der Waals surface area (Å²) in [6.45, 7) is 4.77. The Morgan fingerprint density at radius 2 is 2.00 bits per heavy atom. The third-order valence-electron chi connectivity index (χ3n) is 3.63. The van der Waals surface area contributed by atoms with Gasteiger partial charge in [-0.1, -0.05) is 12.8 Å². The summed E-state index contributed by atoms with van der Waals surface area (Å²) in [7, 11) is 1.70. The molecule has 0 unspecified atom stereocenters. The van der Waals surface area contributed by atoms with Crippen LogP contribution in [0, 0.1) is 0 Å². The van der Waals surface area contributed by atoms with E-state index in [0.717, 1.165) is 18.7 Å². The van der Waals surface area contributed by atoms with Gasteiger partial charge in [0.15, 0.2) is 0 Å². The Balaban J connectivity index is 1.87. The number of hydrogen-bond acceptors (Lipinski definition) is 5. The van der Waals surface area contributed by atoms with Crippen LogP contribution < -0.4 is 5.73 Å². The van der Waals surface area contributed by atoms with E-state index in [0.29, 0.717) is 13.2 Å². The summed E-state index contributed by atoms with van der Waals surface area (Å²) in [5.41, 5.74) is 6.79. The topological polar surface area (TPSA) is 51.4 Å². The first-order valence-electron chi connectivity index (χ1n) is 7.22. The summed E-state index contributed by atoms with van der Waals surface area (Å²) >= 11 is 1.75. The molecule has 0 atom stereocenters. The van der Waals surface area contributed by atoms with Gasteiger partial charge >= 0.3 is 0 Å². The Kier molecular flexibility index (Phi) is 6.23. The zero-order valence-corrected chi connectivity index (χ0v) is 12.7. The fourth-order valence-electron chi connectivity index (χ4n) is 2.57. The maximum Gasteiger partial charge on any atom is 0.0945 e. The molecule has 0 aromatic carbocycles. The third-order valence-corrected chi connectivity index (χ3v) is 4.81. The first kappa shape index (κ1) is 14.9. The lowest BCUT2D eigenvalue weighted by Crippen LogP contribution is -2.26. The Bertz CT molecular complexity index is 373. The monoisotopic (exact) mass is 283 g/mol. The van der Waals surface area contributed by atoms with Gasteiger partial charge in [0, 0.05) is 31.5 Å². The molecule has 1 saturated heterocycles. The van der Waals surface area contributed by atoms with E-state index >= 15 is 0 Å². The van der Waals surface area contributed by atoms with Crippen molar-refractivity contribution in [2.75, 3.05) is 26.7 Å². The fraction of sp³-hybridized carbons (Fsp3) is 0.786. The zero-order valence-electron chi connectivity index (χ0n) is 11.9. The number of methoxy groups -OCH3 is 1. The highest BCUT2D eigenvalue weighted by atomic mass is 32.1. The predicted molar refractivity (Wildman–Crippen MR) is 79.3 cm³/mol. The normalized spacial score (nSPS) is 17.6. The molecule has 2 rings (SSSR count). The molecule has 0 amide bonds. The van der Waals surface area contributed by atoms with E-state index in [4.69, 9.17) is 10.5 Å². The summed E-state index contributed by atoms with van der Waals surface area (Å²) in [6, 6.07) is 0. The van der Waals surface area contributed by atoms with Gasteiger partial charge in [-0.3, -0.25) is 0 Å². The Labute approximate surface area is 120 Å². The van der Waals surface area contributed by atoms with Crippen LogP contribution in [-0.2, 0) is 24.3 Å². The molecule has 0 bridgehead atoms. The van der Waals surface area contributed by atoms with Crippen molar-refractivity contribution in [3.63, 3.8) is 0 Å². The highest BCUT2D eigenvalue weighted by molar-refractivity contribution is 7.11. The molecule has 0 spiro atoms. The Hall–Kier alpha value is -0.490. The molecule has 1 aliphatic rings. The van der Waals surface area contributed by atoms with Gasteiger partial charge in [-0.15, -0.1) is 11.3 Å². The molecule has 1 aromatic heterocycles. The van der Waals surface area contributed by atoms with E-state index in [9.17, 15) is 0 Å². The lowest BCUT2D eigenvalue weighted by molar-refractivity contribution is 0.181. The van der Waals surface area contributed by atoms with Gasteiger partial charge in [-0.2, -0.15) is 0 Å². The van der Waals surface area contributed by atoms with Gasteiger partial charge in [0.25, 0.3) is 0 Å². The molecule has 1 aliphatic heterocycles. The molecule has 5 heteroatoms. The Morgan fingerprint density at radius 1 is 1.26 bits per heavy atom. The fourth-order valence-corrected chi connectivity index (χ4v) is 3.51. The van der Waals surface area contributed by atoms with Crippen LogP contribution in [0.15, 0.2) is 0 Å². The molecule has 1 fully saturated rings. The lowest BCUT2D eigenvalue weighted by Gasteiger charge is -2.18. The maximum absolute atomic E-state index is 5.76.